The van der Waals surface area contributed by atoms with Gasteiger partial charge in [0.2, 0.25) is 0 Å². The van der Waals surface area contributed by atoms with Crippen molar-refractivity contribution >= 4 is 21.5 Å². The summed E-state index contributed by atoms with van der Waals surface area (Å²) in [7, 11) is 0. The highest BCUT2D eigenvalue weighted by atomic mass is 14.9. The zero-order valence-electron chi connectivity index (χ0n) is 34.4. The molecule has 12 rings (SSSR count). The van der Waals surface area contributed by atoms with E-state index in [9.17, 15) is 0 Å². The van der Waals surface area contributed by atoms with E-state index in [1.54, 1.807) is 0 Å². The van der Waals surface area contributed by atoms with Crippen LogP contribution in [0.15, 0.2) is 200 Å². The van der Waals surface area contributed by atoms with Crippen molar-refractivity contribution in [2.75, 3.05) is 0 Å². The largest absolute Gasteiger partial charge is 0.228 e. The molecule has 2 aliphatic rings. The Morgan fingerprint density at radius 3 is 1.75 bits per heavy atom. The maximum atomic E-state index is 5.58. The Balaban J connectivity index is 1.08. The van der Waals surface area contributed by atoms with Crippen molar-refractivity contribution in [1.82, 2.24) is 9.97 Å². The van der Waals surface area contributed by atoms with E-state index < -0.39 is 0 Å². The van der Waals surface area contributed by atoms with Crippen molar-refractivity contribution in [2.45, 2.75) is 31.6 Å². The summed E-state index contributed by atoms with van der Waals surface area (Å²) >= 11 is 0. The number of hydrogen-bond acceptors (Lipinski definition) is 2. The fourth-order valence-corrected chi connectivity index (χ4v) is 11.0. The molecule has 1 atom stereocenters. The average Bonchev–Trinajstić information content (AvgIpc) is 3.73. The Kier molecular flexibility index (Phi) is 7.74. The van der Waals surface area contributed by atoms with Gasteiger partial charge in [-0.05, 0) is 102 Å². The van der Waals surface area contributed by atoms with Gasteiger partial charge in [-0.3, -0.25) is 0 Å². The summed E-state index contributed by atoms with van der Waals surface area (Å²) in [5.41, 5.74) is 18.8. The Morgan fingerprint density at radius 2 is 0.934 bits per heavy atom. The first-order chi connectivity index (χ1) is 29.9. The van der Waals surface area contributed by atoms with Crippen molar-refractivity contribution in [1.29, 1.82) is 0 Å². The molecule has 0 spiro atoms. The maximum absolute atomic E-state index is 5.58. The van der Waals surface area contributed by atoms with Crippen LogP contribution in [0.4, 0.5) is 0 Å². The molecule has 2 nitrogen and oxygen atoms in total. The number of benzene rings is 9. The van der Waals surface area contributed by atoms with Crippen molar-refractivity contribution in [2.24, 2.45) is 0 Å². The minimum absolute atomic E-state index is 0.144. The molecule has 2 aliphatic carbocycles. The van der Waals surface area contributed by atoms with E-state index in [4.69, 9.17) is 9.97 Å². The average molecular weight is 779 g/mol. The molecular weight excluding hydrogens is 737 g/mol. The minimum Gasteiger partial charge on any atom is -0.228 e. The lowest BCUT2D eigenvalue weighted by Gasteiger charge is -2.30. The Hall–Kier alpha value is -7.42. The number of fused-ring (bicyclic) bond motifs is 9. The van der Waals surface area contributed by atoms with Gasteiger partial charge in [-0.25, -0.2) is 9.97 Å². The van der Waals surface area contributed by atoms with E-state index in [-0.39, 0.29) is 10.8 Å². The van der Waals surface area contributed by atoms with E-state index >= 15 is 0 Å². The number of rotatable bonds is 5. The first-order valence-electron chi connectivity index (χ1n) is 21.3. The molecule has 0 amide bonds. The normalized spacial score (nSPS) is 15.7. The highest BCUT2D eigenvalue weighted by Gasteiger charge is 2.43. The van der Waals surface area contributed by atoms with Crippen LogP contribution in [-0.4, -0.2) is 9.97 Å². The molecule has 0 saturated carbocycles. The van der Waals surface area contributed by atoms with Crippen LogP contribution in [0.2, 0.25) is 0 Å². The summed E-state index contributed by atoms with van der Waals surface area (Å²) in [6, 6.07) is 73.0. The van der Waals surface area contributed by atoms with Crippen LogP contribution < -0.4 is 0 Å². The van der Waals surface area contributed by atoms with Gasteiger partial charge in [-0.1, -0.05) is 202 Å². The molecule has 1 heterocycles. The van der Waals surface area contributed by atoms with E-state index in [2.05, 4.69) is 221 Å². The lowest BCUT2D eigenvalue weighted by Crippen LogP contribution is -2.23. The van der Waals surface area contributed by atoms with Crippen LogP contribution in [0.25, 0.3) is 88.8 Å². The van der Waals surface area contributed by atoms with E-state index in [0.29, 0.717) is 5.82 Å². The van der Waals surface area contributed by atoms with Gasteiger partial charge < -0.3 is 0 Å². The van der Waals surface area contributed by atoms with Gasteiger partial charge in [0.1, 0.15) is 0 Å². The third-order valence-electron chi connectivity index (χ3n) is 13.8. The SMILES string of the molecule is CC1(C)c2cccc(-c3ccc(-c4nc(-c5ccccc5)cc(-c5cccc6c5C(C)(c5ccccc5)c5ccccc5-6)n4)c4ccccc34)c2-c2ccc3ccccc3c21. The molecule has 0 bridgehead atoms. The van der Waals surface area contributed by atoms with Gasteiger partial charge in [0, 0.05) is 27.5 Å². The molecule has 1 aromatic heterocycles. The van der Waals surface area contributed by atoms with Crippen molar-refractivity contribution in [3.05, 3.63) is 228 Å². The van der Waals surface area contributed by atoms with Gasteiger partial charge in [0.25, 0.3) is 0 Å². The predicted octanol–water partition coefficient (Wildman–Crippen LogP) is 15.1. The number of nitrogens with zero attached hydrogens (tertiary/aromatic N) is 2. The fraction of sp³-hybridized carbons (Fsp3) is 0.0847. The lowest BCUT2D eigenvalue weighted by atomic mass is 9.72. The first kappa shape index (κ1) is 35.5. The second kappa shape index (κ2) is 13.3. The van der Waals surface area contributed by atoms with Crippen LogP contribution in [0.5, 0.6) is 0 Å². The van der Waals surface area contributed by atoms with E-state index in [1.807, 2.05) is 0 Å². The summed E-state index contributed by atoms with van der Waals surface area (Å²) in [6.45, 7) is 7.14. The van der Waals surface area contributed by atoms with Gasteiger partial charge in [-0.15, -0.1) is 0 Å². The van der Waals surface area contributed by atoms with Crippen LogP contribution >= 0.6 is 0 Å². The van der Waals surface area contributed by atoms with Gasteiger partial charge >= 0.3 is 0 Å². The smallest absolute Gasteiger partial charge is 0.161 e. The highest BCUT2D eigenvalue weighted by Crippen LogP contribution is 2.57. The Morgan fingerprint density at radius 1 is 0.361 bits per heavy atom. The zero-order chi connectivity index (χ0) is 40.9. The van der Waals surface area contributed by atoms with Crippen LogP contribution in [0, 0.1) is 0 Å². The van der Waals surface area contributed by atoms with Crippen molar-refractivity contribution in [3.8, 4) is 67.3 Å². The summed E-state index contributed by atoms with van der Waals surface area (Å²) in [6.07, 6.45) is 0. The highest BCUT2D eigenvalue weighted by molar-refractivity contribution is 6.09. The van der Waals surface area contributed by atoms with Crippen molar-refractivity contribution in [3.63, 3.8) is 0 Å². The molecule has 61 heavy (non-hydrogen) atoms. The number of hydrogen-bond donors (Lipinski definition) is 0. The van der Waals surface area contributed by atoms with Crippen LogP contribution in [0.1, 0.15) is 48.6 Å². The second-order valence-electron chi connectivity index (χ2n) is 17.4. The zero-order valence-corrected chi connectivity index (χ0v) is 34.4. The monoisotopic (exact) mass is 778 g/mol. The van der Waals surface area contributed by atoms with Crippen LogP contribution in [0.3, 0.4) is 0 Å². The molecule has 288 valence electrons. The minimum atomic E-state index is -0.383. The first-order valence-corrected chi connectivity index (χ1v) is 21.3. The molecule has 2 heteroatoms. The molecule has 0 fully saturated rings. The summed E-state index contributed by atoms with van der Waals surface area (Å²) in [5.74, 6) is 0.713. The summed E-state index contributed by atoms with van der Waals surface area (Å²) in [5, 5.41) is 4.92. The Labute approximate surface area is 356 Å². The summed E-state index contributed by atoms with van der Waals surface area (Å²) < 4.78 is 0. The standard InChI is InChI=1S/C59H42N2/c1-58(2)51-31-17-27-45(54(51)49-33-32-37-18-10-11-23-40(37)55(49)58)43-34-35-47(42-25-13-12-24-41(42)43)57-60-52(38-19-6-4-7-20-38)36-53(61-57)48-29-16-28-46-44-26-14-15-30-50(44)59(3,56(46)48)39-21-8-5-9-22-39/h4-36H,1-3H3. The molecule has 9 aromatic carbocycles. The number of aromatic nitrogens is 2. The van der Waals surface area contributed by atoms with Crippen molar-refractivity contribution < 1.29 is 0 Å². The van der Waals surface area contributed by atoms with E-state index in [0.717, 1.165) is 33.5 Å². The quantitative estimate of drug-likeness (QED) is 0.174. The lowest BCUT2D eigenvalue weighted by molar-refractivity contribution is 0.666. The van der Waals surface area contributed by atoms with Gasteiger partial charge in [0.15, 0.2) is 5.82 Å². The third kappa shape index (κ3) is 5.15. The molecule has 0 saturated heterocycles. The Bertz CT molecular complexity index is 3400. The van der Waals surface area contributed by atoms with Crippen LogP contribution in [-0.2, 0) is 10.8 Å². The van der Waals surface area contributed by atoms with Gasteiger partial charge in [0.05, 0.1) is 11.4 Å². The maximum Gasteiger partial charge on any atom is 0.161 e. The fourth-order valence-electron chi connectivity index (χ4n) is 11.0. The van der Waals surface area contributed by atoms with Gasteiger partial charge in [-0.2, -0.15) is 0 Å². The molecule has 10 aromatic rings. The molecule has 1 unspecified atom stereocenters. The topological polar surface area (TPSA) is 25.8 Å². The molecule has 0 N–H and O–H groups in total. The third-order valence-corrected chi connectivity index (χ3v) is 13.8. The molecular formula is C59H42N2. The van der Waals surface area contributed by atoms with E-state index in [1.165, 1.54) is 77.4 Å². The molecule has 0 aliphatic heterocycles. The second-order valence-corrected chi connectivity index (χ2v) is 17.4. The molecule has 0 radical (unpaired) electrons. The predicted molar refractivity (Wildman–Crippen MR) is 254 cm³/mol. The summed E-state index contributed by atoms with van der Waals surface area (Å²) in [4.78, 5) is 11.0.